The first-order chi connectivity index (χ1) is 21.2. The minimum absolute atomic E-state index is 0.0482. The van der Waals surface area contributed by atoms with Crippen LogP contribution in [0.25, 0.3) is 6.08 Å². The topological polar surface area (TPSA) is 110 Å². The lowest BCUT2D eigenvalue weighted by Gasteiger charge is -2.33. The molecule has 9 nitrogen and oxygen atoms in total. The maximum Gasteiger partial charge on any atom is 0.271 e. The zero-order chi connectivity index (χ0) is 31.0. The predicted molar refractivity (Wildman–Crippen MR) is 174 cm³/mol. The van der Waals surface area contributed by atoms with E-state index in [-0.39, 0.29) is 17.2 Å². The second-order valence-electron chi connectivity index (χ2n) is 11.1. The first-order valence-corrected chi connectivity index (χ1v) is 15.6. The van der Waals surface area contributed by atoms with Crippen LogP contribution in [0.15, 0.2) is 93.9 Å². The Kier molecular flexibility index (Phi) is 8.20. The standard InChI is InChI=1S/C33H30ClN5O4S/c1-20-14-16-37(17-15-20)27-13-12-26(39(42)43)18-23(27)19-28-32(41)38-30(22-8-10-24(34)11-9-22)29(21(2)35-33(38)44-28)31(40)36-25-6-4-3-5-7-25/h3-13,18-20,30H,14-17H2,1-2H3,(H,36,40)/b28-19+/t30-/m0/s1. The Hall–Kier alpha value is -4.54. The van der Waals surface area contributed by atoms with E-state index in [0.29, 0.717) is 48.4 Å². The number of hydrogen-bond acceptors (Lipinski definition) is 7. The Morgan fingerprint density at radius 3 is 2.48 bits per heavy atom. The Morgan fingerprint density at radius 2 is 1.80 bits per heavy atom. The maximum absolute atomic E-state index is 14.2. The quantitative estimate of drug-likeness (QED) is 0.219. The summed E-state index contributed by atoms with van der Waals surface area (Å²) in [6.07, 6.45) is 3.76. The molecule has 1 saturated heterocycles. The third-order valence-electron chi connectivity index (χ3n) is 8.12. The van der Waals surface area contributed by atoms with Crippen molar-refractivity contribution in [2.75, 3.05) is 23.3 Å². The number of rotatable bonds is 6. The number of nitro groups is 1. The average Bonchev–Trinajstić information content (AvgIpc) is 3.31. The van der Waals surface area contributed by atoms with Gasteiger partial charge in [0.1, 0.15) is 0 Å². The van der Waals surface area contributed by atoms with Crippen LogP contribution in [-0.4, -0.2) is 28.5 Å². The van der Waals surface area contributed by atoms with Crippen molar-refractivity contribution in [3.8, 4) is 0 Å². The number of carbonyl (C=O) groups is 1. The number of allylic oxidation sites excluding steroid dienone is 1. The monoisotopic (exact) mass is 627 g/mol. The predicted octanol–water partition coefficient (Wildman–Crippen LogP) is 5.67. The van der Waals surface area contributed by atoms with Crippen LogP contribution in [0.2, 0.25) is 5.02 Å². The zero-order valence-corrected chi connectivity index (χ0v) is 25.8. The van der Waals surface area contributed by atoms with E-state index in [9.17, 15) is 19.7 Å². The molecule has 0 radical (unpaired) electrons. The fourth-order valence-electron chi connectivity index (χ4n) is 5.74. The number of nitrogens with one attached hydrogen (secondary N) is 1. The van der Waals surface area contributed by atoms with Gasteiger partial charge in [0.05, 0.1) is 26.8 Å². The second-order valence-corrected chi connectivity index (χ2v) is 12.6. The molecule has 6 rings (SSSR count). The second kappa shape index (κ2) is 12.2. The number of carbonyl (C=O) groups excluding carboxylic acids is 1. The van der Waals surface area contributed by atoms with Gasteiger partial charge in [-0.05, 0) is 67.7 Å². The molecule has 1 aromatic heterocycles. The molecule has 0 aliphatic carbocycles. The van der Waals surface area contributed by atoms with Crippen molar-refractivity contribution in [1.82, 2.24) is 4.57 Å². The molecule has 0 saturated carbocycles. The van der Waals surface area contributed by atoms with E-state index >= 15 is 0 Å². The van der Waals surface area contributed by atoms with Crippen molar-refractivity contribution in [3.63, 3.8) is 0 Å². The van der Waals surface area contributed by atoms with E-state index in [1.807, 2.05) is 18.2 Å². The van der Waals surface area contributed by atoms with E-state index in [0.717, 1.165) is 31.6 Å². The molecule has 224 valence electrons. The van der Waals surface area contributed by atoms with Crippen LogP contribution in [0.3, 0.4) is 0 Å². The molecule has 1 atom stereocenters. The van der Waals surface area contributed by atoms with Gasteiger partial charge in [-0.2, -0.15) is 0 Å². The smallest absolute Gasteiger partial charge is 0.271 e. The van der Waals surface area contributed by atoms with Crippen LogP contribution in [0, 0.1) is 16.0 Å². The zero-order valence-electron chi connectivity index (χ0n) is 24.2. The summed E-state index contributed by atoms with van der Waals surface area (Å²) in [7, 11) is 0. The Balaban J connectivity index is 1.50. The number of anilines is 2. The van der Waals surface area contributed by atoms with Gasteiger partial charge in [-0.15, -0.1) is 0 Å². The number of nitrogens with zero attached hydrogens (tertiary/aromatic N) is 4. The number of thiazole rings is 1. The van der Waals surface area contributed by atoms with Gasteiger partial charge in [0, 0.05) is 47.2 Å². The molecule has 1 N–H and O–H groups in total. The Bertz CT molecular complexity index is 1960. The van der Waals surface area contributed by atoms with Crippen molar-refractivity contribution >= 4 is 52.0 Å². The fourth-order valence-corrected chi connectivity index (χ4v) is 6.91. The van der Waals surface area contributed by atoms with Gasteiger partial charge >= 0.3 is 0 Å². The van der Waals surface area contributed by atoms with E-state index in [1.54, 1.807) is 55.5 Å². The van der Waals surface area contributed by atoms with Gasteiger partial charge in [0.15, 0.2) is 4.80 Å². The number of piperidine rings is 1. The number of non-ortho nitro benzene ring substituents is 1. The van der Waals surface area contributed by atoms with Crippen LogP contribution in [0.4, 0.5) is 17.1 Å². The Labute approximate surface area is 262 Å². The minimum Gasteiger partial charge on any atom is -0.371 e. The lowest BCUT2D eigenvalue weighted by Crippen LogP contribution is -2.40. The number of para-hydroxylation sites is 1. The molecule has 0 spiro atoms. The molecule has 0 bridgehead atoms. The molecule has 2 aliphatic rings. The first-order valence-electron chi connectivity index (χ1n) is 14.4. The molecule has 1 fully saturated rings. The summed E-state index contributed by atoms with van der Waals surface area (Å²) in [4.78, 5) is 46.6. The van der Waals surface area contributed by atoms with Crippen molar-refractivity contribution in [2.45, 2.75) is 32.7 Å². The highest BCUT2D eigenvalue weighted by atomic mass is 35.5. The van der Waals surface area contributed by atoms with Crippen LogP contribution in [0.5, 0.6) is 0 Å². The van der Waals surface area contributed by atoms with Crippen molar-refractivity contribution in [1.29, 1.82) is 0 Å². The first kappa shape index (κ1) is 29.5. The van der Waals surface area contributed by atoms with E-state index in [2.05, 4.69) is 17.1 Å². The molecule has 4 aromatic rings. The third-order valence-corrected chi connectivity index (χ3v) is 9.35. The molecular formula is C33H30ClN5O4S. The van der Waals surface area contributed by atoms with E-state index < -0.39 is 11.0 Å². The maximum atomic E-state index is 14.2. The third kappa shape index (κ3) is 5.82. The van der Waals surface area contributed by atoms with Crippen molar-refractivity contribution in [2.24, 2.45) is 10.9 Å². The normalized spacial score (nSPS) is 17.3. The molecule has 44 heavy (non-hydrogen) atoms. The molecule has 0 unspecified atom stereocenters. The molecule has 11 heteroatoms. The summed E-state index contributed by atoms with van der Waals surface area (Å²) < 4.78 is 1.90. The summed E-state index contributed by atoms with van der Waals surface area (Å²) in [5, 5.41) is 15.2. The van der Waals surface area contributed by atoms with Crippen LogP contribution in [0.1, 0.15) is 43.9 Å². The van der Waals surface area contributed by atoms with Crippen LogP contribution < -0.4 is 25.1 Å². The molecule has 3 heterocycles. The summed E-state index contributed by atoms with van der Waals surface area (Å²) in [5.41, 5.74) is 3.21. The highest BCUT2D eigenvalue weighted by Gasteiger charge is 2.32. The minimum atomic E-state index is -0.762. The number of amides is 1. The number of halogens is 1. The number of benzene rings is 3. The highest BCUT2D eigenvalue weighted by molar-refractivity contribution is 7.07. The number of aromatic nitrogens is 1. The molecule has 1 amide bonds. The van der Waals surface area contributed by atoms with Crippen LogP contribution >= 0.6 is 22.9 Å². The lowest BCUT2D eigenvalue weighted by molar-refractivity contribution is -0.384. The summed E-state index contributed by atoms with van der Waals surface area (Å²) in [6.45, 7) is 5.64. The van der Waals surface area contributed by atoms with Gasteiger partial charge in [-0.25, -0.2) is 4.99 Å². The van der Waals surface area contributed by atoms with Crippen LogP contribution in [-0.2, 0) is 4.79 Å². The van der Waals surface area contributed by atoms with Gasteiger partial charge in [-0.1, -0.05) is 60.2 Å². The fraction of sp³-hybridized carbons (Fsp3) is 0.242. The highest BCUT2D eigenvalue weighted by Crippen LogP contribution is 2.32. The summed E-state index contributed by atoms with van der Waals surface area (Å²) in [5.74, 6) is 0.243. The number of nitro benzene ring substituents is 1. The van der Waals surface area contributed by atoms with Gasteiger partial charge < -0.3 is 10.2 Å². The van der Waals surface area contributed by atoms with Crippen molar-refractivity contribution in [3.05, 3.63) is 130 Å². The Morgan fingerprint density at radius 1 is 1.09 bits per heavy atom. The van der Waals surface area contributed by atoms with E-state index in [4.69, 9.17) is 16.6 Å². The van der Waals surface area contributed by atoms with Gasteiger partial charge in [-0.3, -0.25) is 24.3 Å². The SMILES string of the molecule is CC1=C(C(=O)Nc2ccccc2)[C@H](c2ccc(Cl)cc2)n2c(s/c(=C/c3cc([N+](=O)[O-])ccc3N3CCC(C)CC3)c2=O)=N1. The van der Waals surface area contributed by atoms with Crippen molar-refractivity contribution < 1.29 is 9.72 Å². The molecular weight excluding hydrogens is 598 g/mol. The lowest BCUT2D eigenvalue weighted by atomic mass is 9.95. The molecule has 2 aliphatic heterocycles. The average molecular weight is 628 g/mol. The van der Waals surface area contributed by atoms with Gasteiger partial charge in [0.2, 0.25) is 0 Å². The van der Waals surface area contributed by atoms with Gasteiger partial charge in [0.25, 0.3) is 17.2 Å². The molecule has 3 aromatic carbocycles. The number of fused-ring (bicyclic) bond motifs is 1. The largest absolute Gasteiger partial charge is 0.371 e. The van der Waals surface area contributed by atoms with E-state index in [1.165, 1.54) is 28.0 Å². The summed E-state index contributed by atoms with van der Waals surface area (Å²) in [6, 6.07) is 20.2. The summed E-state index contributed by atoms with van der Waals surface area (Å²) >= 11 is 7.40. The number of hydrogen-bond donors (Lipinski definition) is 1.